The first-order valence-electron chi connectivity index (χ1n) is 7.12. The summed E-state index contributed by atoms with van der Waals surface area (Å²) in [5.41, 5.74) is 2.53. The molecule has 0 saturated carbocycles. The second-order valence-corrected chi connectivity index (χ2v) is 6.57. The highest BCUT2D eigenvalue weighted by Gasteiger charge is 2.42. The van der Waals surface area contributed by atoms with Gasteiger partial charge >= 0.3 is 0 Å². The number of carbonyl (C=O) groups is 1. The van der Waals surface area contributed by atoms with Crippen LogP contribution in [0.4, 0.5) is 0 Å². The van der Waals surface area contributed by atoms with Crippen LogP contribution in [0.15, 0.2) is 36.0 Å². The van der Waals surface area contributed by atoms with Crippen molar-refractivity contribution in [2.24, 2.45) is 0 Å². The fraction of sp³-hybridized carbons (Fsp3) is 0.471. The van der Waals surface area contributed by atoms with Crippen molar-refractivity contribution in [3.05, 3.63) is 48.5 Å². The molecule has 2 rings (SSSR count). The van der Waals surface area contributed by atoms with E-state index in [-0.39, 0.29) is 5.78 Å². The maximum absolute atomic E-state index is 12.4. The van der Waals surface area contributed by atoms with Crippen LogP contribution in [0.25, 0.3) is 0 Å². The van der Waals surface area contributed by atoms with Gasteiger partial charge in [-0.25, -0.2) is 0 Å². The van der Waals surface area contributed by atoms with Crippen molar-refractivity contribution in [3.63, 3.8) is 0 Å². The number of hydrogen-bond donors (Lipinski definition) is 0. The monoisotopic (exact) mass is 290 g/mol. The Morgan fingerprint density at radius 3 is 2.80 bits per heavy atom. The smallest absolute Gasteiger partial charge is 0.153 e. The number of carbonyl (C=O) groups excluding carboxylic acids is 1. The maximum Gasteiger partial charge on any atom is 0.153 e. The summed E-state index contributed by atoms with van der Waals surface area (Å²) >= 11 is 1.60. The van der Waals surface area contributed by atoms with Crippen molar-refractivity contribution in [1.82, 2.24) is 0 Å². The van der Waals surface area contributed by atoms with E-state index in [9.17, 15) is 4.79 Å². The summed E-state index contributed by atoms with van der Waals surface area (Å²) < 4.78 is 5.23. The molecule has 1 unspecified atom stereocenters. The van der Waals surface area contributed by atoms with Gasteiger partial charge in [0.15, 0.2) is 5.78 Å². The highest BCUT2D eigenvalue weighted by Crippen LogP contribution is 2.45. The van der Waals surface area contributed by atoms with Gasteiger partial charge in [-0.05, 0) is 50.2 Å². The largest absolute Gasteiger partial charge is 0.467 e. The standard InChI is InChI=1S/C17H22O2S/c1-4-10-17(13(3)18,20-11-5-2)16-15-9-7-6-8-14(15)12-19-16/h4-5,12H,1-2,6-11H2,3H3. The van der Waals surface area contributed by atoms with Crippen LogP contribution in [0.5, 0.6) is 0 Å². The van der Waals surface area contributed by atoms with E-state index in [2.05, 4.69) is 13.2 Å². The molecule has 1 aliphatic carbocycles. The lowest BCUT2D eigenvalue weighted by molar-refractivity contribution is -0.119. The fourth-order valence-corrected chi connectivity index (χ4v) is 4.03. The van der Waals surface area contributed by atoms with Crippen LogP contribution in [0.3, 0.4) is 0 Å². The molecule has 0 aliphatic heterocycles. The maximum atomic E-state index is 12.4. The van der Waals surface area contributed by atoms with Gasteiger partial charge in [0.25, 0.3) is 0 Å². The number of hydrogen-bond acceptors (Lipinski definition) is 3. The van der Waals surface area contributed by atoms with E-state index in [1.807, 2.05) is 18.4 Å². The molecule has 20 heavy (non-hydrogen) atoms. The molecule has 1 aromatic heterocycles. The third-order valence-corrected chi connectivity index (χ3v) is 5.45. The molecule has 0 radical (unpaired) electrons. The van der Waals surface area contributed by atoms with Crippen molar-refractivity contribution in [2.45, 2.75) is 43.8 Å². The van der Waals surface area contributed by atoms with E-state index in [4.69, 9.17) is 4.42 Å². The number of Topliss-reactive ketones (excluding diaryl/α,β-unsaturated/α-hetero) is 1. The van der Waals surface area contributed by atoms with Crippen molar-refractivity contribution in [3.8, 4) is 0 Å². The fourth-order valence-electron chi connectivity index (χ4n) is 2.89. The topological polar surface area (TPSA) is 30.2 Å². The number of furan rings is 1. The zero-order chi connectivity index (χ0) is 14.6. The Hall–Kier alpha value is -1.22. The van der Waals surface area contributed by atoms with Crippen molar-refractivity contribution in [1.29, 1.82) is 0 Å². The second kappa shape index (κ2) is 6.49. The van der Waals surface area contributed by atoms with Crippen LogP contribution in [0.2, 0.25) is 0 Å². The molecule has 1 aliphatic rings. The predicted molar refractivity (Wildman–Crippen MR) is 85.2 cm³/mol. The molecule has 0 spiro atoms. The predicted octanol–water partition coefficient (Wildman–Crippen LogP) is 4.44. The lowest BCUT2D eigenvalue weighted by Gasteiger charge is -2.29. The Bertz CT molecular complexity index is 515. The summed E-state index contributed by atoms with van der Waals surface area (Å²) in [6.07, 6.45) is 10.6. The van der Waals surface area contributed by atoms with Gasteiger partial charge in [-0.2, -0.15) is 0 Å². The average molecular weight is 290 g/mol. The molecule has 3 heteroatoms. The minimum atomic E-state index is -0.638. The molecular weight excluding hydrogens is 268 g/mol. The molecule has 1 atom stereocenters. The Morgan fingerprint density at radius 1 is 1.40 bits per heavy atom. The van der Waals surface area contributed by atoms with Gasteiger partial charge in [0.1, 0.15) is 10.5 Å². The van der Waals surface area contributed by atoms with E-state index in [1.165, 1.54) is 24.0 Å². The molecular formula is C17H22O2S. The van der Waals surface area contributed by atoms with Gasteiger partial charge in [-0.1, -0.05) is 12.2 Å². The second-order valence-electron chi connectivity index (χ2n) is 5.25. The number of rotatable bonds is 7. The summed E-state index contributed by atoms with van der Waals surface area (Å²) in [5, 5.41) is 0. The van der Waals surface area contributed by atoms with Gasteiger partial charge in [-0.15, -0.1) is 24.9 Å². The van der Waals surface area contributed by atoms with Crippen molar-refractivity contribution < 1.29 is 9.21 Å². The molecule has 1 heterocycles. The first-order valence-corrected chi connectivity index (χ1v) is 8.10. The van der Waals surface area contributed by atoms with E-state index in [1.54, 1.807) is 18.7 Å². The van der Waals surface area contributed by atoms with Crippen LogP contribution in [-0.4, -0.2) is 11.5 Å². The van der Waals surface area contributed by atoms with Crippen LogP contribution < -0.4 is 0 Å². The molecule has 0 bridgehead atoms. The Morgan fingerprint density at radius 2 is 2.15 bits per heavy atom. The summed E-state index contributed by atoms with van der Waals surface area (Å²) in [5.74, 6) is 1.71. The number of aryl methyl sites for hydroxylation is 1. The SMILES string of the molecule is C=CCSC(CC=C)(C(C)=O)c1occ2c1CCCC2. The zero-order valence-electron chi connectivity index (χ0n) is 12.1. The molecule has 1 aromatic rings. The first kappa shape index (κ1) is 15.2. The van der Waals surface area contributed by atoms with Crippen LogP contribution in [0, 0.1) is 0 Å². The first-order chi connectivity index (χ1) is 9.65. The van der Waals surface area contributed by atoms with Crippen molar-refractivity contribution >= 4 is 17.5 Å². The minimum Gasteiger partial charge on any atom is -0.467 e. The van der Waals surface area contributed by atoms with Crippen molar-refractivity contribution in [2.75, 3.05) is 5.75 Å². The molecule has 0 aromatic carbocycles. The van der Waals surface area contributed by atoms with Crippen LogP contribution in [0.1, 0.15) is 43.1 Å². The molecule has 0 saturated heterocycles. The molecule has 0 fully saturated rings. The minimum absolute atomic E-state index is 0.131. The number of thioether (sulfide) groups is 1. The van der Waals surface area contributed by atoms with E-state index < -0.39 is 4.75 Å². The highest BCUT2D eigenvalue weighted by molar-refractivity contribution is 8.01. The van der Waals surface area contributed by atoms with Gasteiger partial charge in [0.2, 0.25) is 0 Å². The van der Waals surface area contributed by atoms with Gasteiger partial charge < -0.3 is 4.42 Å². The third-order valence-electron chi connectivity index (χ3n) is 3.92. The van der Waals surface area contributed by atoms with Gasteiger partial charge in [-0.3, -0.25) is 4.79 Å². The van der Waals surface area contributed by atoms with Gasteiger partial charge in [0, 0.05) is 5.75 Å². The molecule has 108 valence electrons. The van der Waals surface area contributed by atoms with Crippen LogP contribution >= 0.6 is 11.8 Å². The Balaban J connectivity index is 2.48. The lowest BCUT2D eigenvalue weighted by Crippen LogP contribution is -2.31. The summed E-state index contributed by atoms with van der Waals surface area (Å²) in [6, 6.07) is 0. The normalized spacial score (nSPS) is 17.1. The molecule has 0 amide bonds. The van der Waals surface area contributed by atoms with E-state index in [0.717, 1.165) is 24.4 Å². The Kier molecular flexibility index (Phi) is 4.92. The molecule has 0 N–H and O–H groups in total. The number of allylic oxidation sites excluding steroid dienone is 1. The lowest BCUT2D eigenvalue weighted by atomic mass is 9.87. The van der Waals surface area contributed by atoms with Gasteiger partial charge in [0.05, 0.1) is 6.26 Å². The summed E-state index contributed by atoms with van der Waals surface area (Å²) in [4.78, 5) is 12.4. The third kappa shape index (κ3) is 2.64. The Labute approximate surface area is 125 Å². The van der Waals surface area contributed by atoms with E-state index in [0.29, 0.717) is 6.42 Å². The van der Waals surface area contributed by atoms with E-state index >= 15 is 0 Å². The quantitative estimate of drug-likeness (QED) is 0.695. The number of fused-ring (bicyclic) bond motifs is 1. The highest BCUT2D eigenvalue weighted by atomic mass is 32.2. The summed E-state index contributed by atoms with van der Waals surface area (Å²) in [7, 11) is 0. The van der Waals surface area contributed by atoms with Crippen LogP contribution in [-0.2, 0) is 22.4 Å². The summed E-state index contributed by atoms with van der Waals surface area (Å²) in [6.45, 7) is 9.24. The average Bonchev–Trinajstić information content (AvgIpc) is 2.87. The number of ketones is 1. The molecule has 2 nitrogen and oxygen atoms in total. The zero-order valence-corrected chi connectivity index (χ0v) is 12.9.